The van der Waals surface area contributed by atoms with E-state index in [1.54, 1.807) is 23.1 Å². The number of aromatic nitrogens is 2. The highest BCUT2D eigenvalue weighted by Gasteiger charge is 2.32. The Morgan fingerprint density at radius 1 is 1.44 bits per heavy atom. The van der Waals surface area contributed by atoms with E-state index in [1.807, 2.05) is 19.9 Å². The summed E-state index contributed by atoms with van der Waals surface area (Å²) in [7, 11) is 0. The zero-order valence-electron chi connectivity index (χ0n) is 10.1. The van der Waals surface area contributed by atoms with Crippen molar-refractivity contribution < 1.29 is 4.79 Å². The summed E-state index contributed by atoms with van der Waals surface area (Å²) in [6, 6.07) is 4.15. The molecule has 0 spiro atoms. The minimum atomic E-state index is -0.0781. The molecule has 2 aromatic heterocycles. The predicted molar refractivity (Wildman–Crippen MR) is 75.2 cm³/mol. The third kappa shape index (κ3) is 1.85. The highest BCUT2D eigenvalue weighted by molar-refractivity contribution is 8.01. The van der Waals surface area contributed by atoms with Gasteiger partial charge in [-0.15, -0.1) is 23.1 Å². The second kappa shape index (κ2) is 4.44. The van der Waals surface area contributed by atoms with Crippen LogP contribution in [0.3, 0.4) is 0 Å². The number of thiophene rings is 1. The normalized spacial score (nSPS) is 23.3. The second-order valence-electron chi connectivity index (χ2n) is 4.27. The fourth-order valence-electron chi connectivity index (χ4n) is 2.06. The van der Waals surface area contributed by atoms with Gasteiger partial charge in [0.25, 0.3) is 0 Å². The number of aromatic amines is 1. The van der Waals surface area contributed by atoms with Gasteiger partial charge in [-0.3, -0.25) is 9.89 Å². The van der Waals surface area contributed by atoms with Gasteiger partial charge >= 0.3 is 0 Å². The summed E-state index contributed by atoms with van der Waals surface area (Å²) >= 11 is 3.39. The Kier molecular flexibility index (Phi) is 2.91. The molecule has 1 amide bonds. The molecule has 2 N–H and O–H groups in total. The van der Waals surface area contributed by atoms with Gasteiger partial charge in [-0.2, -0.15) is 5.10 Å². The minimum absolute atomic E-state index is 0.0202. The molecule has 0 aliphatic carbocycles. The highest BCUT2D eigenvalue weighted by atomic mass is 32.2. The molecule has 1 aliphatic heterocycles. The molecule has 94 valence electrons. The molecule has 0 aromatic carbocycles. The van der Waals surface area contributed by atoms with Gasteiger partial charge in [-0.05, 0) is 25.3 Å². The number of amides is 1. The Bertz CT molecular complexity index is 576. The number of nitrogens with one attached hydrogen (secondary N) is 2. The average molecular weight is 279 g/mol. The van der Waals surface area contributed by atoms with Gasteiger partial charge in [0.05, 0.1) is 10.5 Å². The SMILES string of the molecule is Cc1[nH]nc2c1[C@H](c1cccs1)S[C@H](C)C(=O)N2. The fourth-order valence-corrected chi connectivity index (χ4v) is 4.33. The maximum absolute atomic E-state index is 11.9. The van der Waals surface area contributed by atoms with Crippen LogP contribution < -0.4 is 5.32 Å². The molecule has 0 saturated heterocycles. The zero-order chi connectivity index (χ0) is 12.7. The van der Waals surface area contributed by atoms with Crippen LogP contribution in [0.4, 0.5) is 5.82 Å². The van der Waals surface area contributed by atoms with Crippen molar-refractivity contribution >= 4 is 34.8 Å². The number of hydrogen-bond acceptors (Lipinski definition) is 4. The summed E-state index contributed by atoms with van der Waals surface area (Å²) < 4.78 is 0. The average Bonchev–Trinajstić information content (AvgIpc) is 2.95. The molecule has 2 atom stereocenters. The van der Waals surface area contributed by atoms with Crippen molar-refractivity contribution in [2.75, 3.05) is 5.32 Å². The first-order valence-electron chi connectivity index (χ1n) is 5.71. The number of carbonyl (C=O) groups is 1. The number of fused-ring (bicyclic) bond motifs is 1. The molecule has 0 unspecified atom stereocenters. The maximum atomic E-state index is 11.9. The number of nitrogens with zero attached hydrogens (tertiary/aromatic N) is 1. The number of hydrogen-bond donors (Lipinski definition) is 2. The molecule has 3 rings (SSSR count). The van der Waals surface area contributed by atoms with Crippen molar-refractivity contribution in [3.63, 3.8) is 0 Å². The number of rotatable bonds is 1. The van der Waals surface area contributed by atoms with E-state index in [9.17, 15) is 4.79 Å². The van der Waals surface area contributed by atoms with Crippen molar-refractivity contribution in [1.29, 1.82) is 0 Å². The smallest absolute Gasteiger partial charge is 0.238 e. The molecule has 0 fully saturated rings. The van der Waals surface area contributed by atoms with Crippen molar-refractivity contribution in [3.05, 3.63) is 33.6 Å². The Morgan fingerprint density at radius 2 is 2.28 bits per heavy atom. The molecule has 0 bridgehead atoms. The molecule has 6 heteroatoms. The van der Waals surface area contributed by atoms with Crippen LogP contribution in [0.2, 0.25) is 0 Å². The van der Waals surface area contributed by atoms with Gasteiger partial charge < -0.3 is 5.32 Å². The van der Waals surface area contributed by atoms with E-state index in [4.69, 9.17) is 0 Å². The Labute approximate surface area is 113 Å². The quantitative estimate of drug-likeness (QED) is 0.844. The number of aryl methyl sites for hydroxylation is 1. The lowest BCUT2D eigenvalue weighted by Gasteiger charge is -2.15. The summed E-state index contributed by atoms with van der Waals surface area (Å²) in [6.07, 6.45) is 0. The largest absolute Gasteiger partial charge is 0.308 e. The molecular weight excluding hydrogens is 266 g/mol. The summed E-state index contributed by atoms with van der Waals surface area (Å²) in [5.74, 6) is 0.694. The van der Waals surface area contributed by atoms with Crippen LogP contribution >= 0.6 is 23.1 Å². The first kappa shape index (κ1) is 11.8. The van der Waals surface area contributed by atoms with Crippen LogP contribution in [0.5, 0.6) is 0 Å². The van der Waals surface area contributed by atoms with Gasteiger partial charge in [-0.1, -0.05) is 6.07 Å². The van der Waals surface area contributed by atoms with E-state index < -0.39 is 0 Å². The number of H-pyrrole nitrogens is 1. The predicted octanol–water partition coefficient (Wildman–Crippen LogP) is 2.94. The molecule has 3 heterocycles. The summed E-state index contributed by atoms with van der Waals surface area (Å²) in [5.41, 5.74) is 2.12. The van der Waals surface area contributed by atoms with Crippen LogP contribution in [-0.2, 0) is 4.79 Å². The van der Waals surface area contributed by atoms with Crippen LogP contribution in [-0.4, -0.2) is 21.4 Å². The summed E-state index contributed by atoms with van der Waals surface area (Å²) in [4.78, 5) is 13.2. The summed E-state index contributed by atoms with van der Waals surface area (Å²) in [6.45, 7) is 3.93. The molecule has 1 aliphatic rings. The van der Waals surface area contributed by atoms with E-state index >= 15 is 0 Å². The van der Waals surface area contributed by atoms with Gasteiger partial charge in [0.1, 0.15) is 0 Å². The molecular formula is C12H13N3OS2. The van der Waals surface area contributed by atoms with Crippen LogP contribution in [0.15, 0.2) is 17.5 Å². The van der Waals surface area contributed by atoms with Crippen LogP contribution in [0, 0.1) is 6.92 Å². The maximum Gasteiger partial charge on any atom is 0.238 e. The summed E-state index contributed by atoms with van der Waals surface area (Å²) in [5, 5.41) is 12.2. The zero-order valence-corrected chi connectivity index (χ0v) is 11.7. The second-order valence-corrected chi connectivity index (χ2v) is 6.70. The van der Waals surface area contributed by atoms with Crippen molar-refractivity contribution in [2.45, 2.75) is 24.3 Å². The van der Waals surface area contributed by atoms with Gasteiger partial charge in [0.15, 0.2) is 5.82 Å². The Balaban J connectivity index is 2.12. The number of carbonyl (C=O) groups excluding carboxylic acids is 1. The molecule has 2 aromatic rings. The van der Waals surface area contributed by atoms with Crippen LogP contribution in [0.1, 0.15) is 28.3 Å². The van der Waals surface area contributed by atoms with Gasteiger partial charge in [0.2, 0.25) is 5.91 Å². The standard InChI is InChI=1S/C12H13N3OS2/c1-6-9-10(8-4-3-5-17-8)18-7(2)12(16)13-11(9)15-14-6/h3-5,7,10H,1-2H3,(H2,13,14,15,16)/t7-,10+/m1/s1. The van der Waals surface area contributed by atoms with Gasteiger partial charge in [0, 0.05) is 16.1 Å². The van der Waals surface area contributed by atoms with E-state index in [-0.39, 0.29) is 16.4 Å². The van der Waals surface area contributed by atoms with E-state index in [0.717, 1.165) is 11.3 Å². The fraction of sp³-hybridized carbons (Fsp3) is 0.333. The molecule has 4 nitrogen and oxygen atoms in total. The minimum Gasteiger partial charge on any atom is -0.308 e. The molecule has 0 radical (unpaired) electrons. The molecule has 0 saturated carbocycles. The molecule has 18 heavy (non-hydrogen) atoms. The van der Waals surface area contributed by atoms with Crippen molar-refractivity contribution in [2.24, 2.45) is 0 Å². The Morgan fingerprint density at radius 3 is 3.00 bits per heavy atom. The third-order valence-corrected chi connectivity index (χ3v) is 5.48. The van der Waals surface area contributed by atoms with Gasteiger partial charge in [-0.25, -0.2) is 0 Å². The monoisotopic (exact) mass is 279 g/mol. The lowest BCUT2D eigenvalue weighted by Crippen LogP contribution is -2.21. The topological polar surface area (TPSA) is 57.8 Å². The first-order chi connectivity index (χ1) is 8.66. The lowest BCUT2D eigenvalue weighted by atomic mass is 10.1. The first-order valence-corrected chi connectivity index (χ1v) is 7.53. The Hall–Kier alpha value is -1.27. The third-order valence-electron chi connectivity index (χ3n) is 3.01. The highest BCUT2D eigenvalue weighted by Crippen LogP contribution is 2.45. The van der Waals surface area contributed by atoms with Crippen LogP contribution in [0.25, 0.3) is 0 Å². The lowest BCUT2D eigenvalue weighted by molar-refractivity contribution is -0.115. The van der Waals surface area contributed by atoms with E-state index in [1.165, 1.54) is 4.88 Å². The van der Waals surface area contributed by atoms with E-state index in [0.29, 0.717) is 5.82 Å². The van der Waals surface area contributed by atoms with Crippen molar-refractivity contribution in [3.8, 4) is 0 Å². The number of anilines is 1. The number of thioether (sulfide) groups is 1. The van der Waals surface area contributed by atoms with E-state index in [2.05, 4.69) is 27.0 Å². The van der Waals surface area contributed by atoms with Crippen molar-refractivity contribution in [1.82, 2.24) is 10.2 Å².